The van der Waals surface area contributed by atoms with E-state index in [-0.39, 0.29) is 0 Å². The SMILES string of the molecule is Cc1cc(C)c2c(c1)SC(C1Nc3ccccc3S1)N2. The summed E-state index contributed by atoms with van der Waals surface area (Å²) in [6, 6.07) is 13.1. The van der Waals surface area contributed by atoms with Crippen molar-refractivity contribution in [1.29, 1.82) is 0 Å². The quantitative estimate of drug-likeness (QED) is 0.798. The first kappa shape index (κ1) is 12.5. The first-order chi connectivity index (χ1) is 9.70. The van der Waals surface area contributed by atoms with Crippen molar-refractivity contribution in [2.75, 3.05) is 10.6 Å². The molecule has 2 aliphatic rings. The lowest BCUT2D eigenvalue weighted by atomic mass is 10.1. The van der Waals surface area contributed by atoms with Crippen LogP contribution in [0, 0.1) is 13.8 Å². The van der Waals surface area contributed by atoms with Gasteiger partial charge in [-0.1, -0.05) is 41.7 Å². The molecule has 0 saturated heterocycles. The summed E-state index contributed by atoms with van der Waals surface area (Å²) in [5, 5.41) is 8.07. The molecule has 20 heavy (non-hydrogen) atoms. The molecule has 2 unspecified atom stereocenters. The number of para-hydroxylation sites is 1. The third kappa shape index (κ3) is 1.98. The Hall–Kier alpha value is -1.26. The molecular weight excluding hydrogens is 284 g/mol. The van der Waals surface area contributed by atoms with Crippen molar-refractivity contribution in [1.82, 2.24) is 0 Å². The van der Waals surface area contributed by atoms with E-state index in [0.717, 1.165) is 0 Å². The number of hydrogen-bond donors (Lipinski definition) is 2. The molecule has 2 heterocycles. The van der Waals surface area contributed by atoms with E-state index in [2.05, 4.69) is 60.9 Å². The second kappa shape index (κ2) is 4.64. The van der Waals surface area contributed by atoms with Crippen molar-refractivity contribution >= 4 is 34.9 Å². The number of fused-ring (bicyclic) bond motifs is 2. The number of aryl methyl sites for hydroxylation is 2. The third-order valence-electron chi connectivity index (χ3n) is 3.70. The van der Waals surface area contributed by atoms with Gasteiger partial charge in [-0.25, -0.2) is 0 Å². The van der Waals surface area contributed by atoms with E-state index in [1.807, 2.05) is 23.5 Å². The Morgan fingerprint density at radius 1 is 0.900 bits per heavy atom. The molecule has 2 aliphatic heterocycles. The van der Waals surface area contributed by atoms with Gasteiger partial charge >= 0.3 is 0 Å². The van der Waals surface area contributed by atoms with Gasteiger partial charge in [-0.15, -0.1) is 0 Å². The minimum Gasteiger partial charge on any atom is -0.370 e. The van der Waals surface area contributed by atoms with Crippen molar-refractivity contribution in [3.63, 3.8) is 0 Å². The minimum absolute atomic E-state index is 0.378. The van der Waals surface area contributed by atoms with Gasteiger partial charge < -0.3 is 10.6 Å². The molecule has 0 radical (unpaired) electrons. The average Bonchev–Trinajstić information content (AvgIpc) is 3.01. The van der Waals surface area contributed by atoms with Gasteiger partial charge in [0.1, 0.15) is 10.7 Å². The normalized spacial score (nSPS) is 22.9. The highest BCUT2D eigenvalue weighted by atomic mass is 32.2. The molecule has 2 aromatic carbocycles. The number of nitrogens with one attached hydrogen (secondary N) is 2. The molecule has 2 atom stereocenters. The maximum atomic E-state index is 3.69. The summed E-state index contributed by atoms with van der Waals surface area (Å²) in [6.07, 6.45) is 0. The van der Waals surface area contributed by atoms with Gasteiger partial charge in [0, 0.05) is 15.5 Å². The fourth-order valence-corrected chi connectivity index (χ4v) is 5.43. The predicted molar refractivity (Wildman–Crippen MR) is 88.9 cm³/mol. The summed E-state index contributed by atoms with van der Waals surface area (Å²) in [5.74, 6) is 0. The van der Waals surface area contributed by atoms with E-state index >= 15 is 0 Å². The second-order valence-electron chi connectivity index (χ2n) is 5.32. The summed E-state index contributed by atoms with van der Waals surface area (Å²) < 4.78 is 0. The molecule has 0 bridgehead atoms. The Morgan fingerprint density at radius 3 is 2.50 bits per heavy atom. The lowest BCUT2D eigenvalue weighted by Gasteiger charge is -2.18. The van der Waals surface area contributed by atoms with Crippen molar-refractivity contribution in [2.45, 2.75) is 34.4 Å². The standard InChI is InChI=1S/C16H16N2S2/c1-9-7-10(2)14-13(8-9)20-16(18-14)15-17-11-5-3-4-6-12(11)19-15/h3-8,15-18H,1-2H3. The van der Waals surface area contributed by atoms with Crippen LogP contribution in [0.2, 0.25) is 0 Å². The molecule has 0 saturated carbocycles. The largest absolute Gasteiger partial charge is 0.370 e. The van der Waals surface area contributed by atoms with Crippen LogP contribution in [0.5, 0.6) is 0 Å². The number of anilines is 2. The summed E-state index contributed by atoms with van der Waals surface area (Å²) in [5.41, 5.74) is 5.25. The molecule has 2 aromatic rings. The molecule has 0 amide bonds. The van der Waals surface area contributed by atoms with Crippen LogP contribution in [-0.2, 0) is 0 Å². The van der Waals surface area contributed by atoms with Gasteiger partial charge in [0.15, 0.2) is 0 Å². The molecular formula is C16H16N2S2. The zero-order valence-electron chi connectivity index (χ0n) is 11.4. The molecule has 0 fully saturated rings. The third-order valence-corrected chi connectivity index (χ3v) is 6.34. The lowest BCUT2D eigenvalue weighted by molar-refractivity contribution is 0.976. The Labute approximate surface area is 127 Å². The Kier molecular flexibility index (Phi) is 2.89. The van der Waals surface area contributed by atoms with Gasteiger partial charge in [0.2, 0.25) is 0 Å². The maximum Gasteiger partial charge on any atom is 0.107 e. The van der Waals surface area contributed by atoms with Crippen molar-refractivity contribution in [3.8, 4) is 0 Å². The monoisotopic (exact) mass is 300 g/mol. The second-order valence-corrected chi connectivity index (χ2v) is 7.68. The smallest absolute Gasteiger partial charge is 0.107 e. The fraction of sp³-hybridized carbons (Fsp3) is 0.250. The maximum absolute atomic E-state index is 3.69. The fourth-order valence-electron chi connectivity index (χ4n) is 2.80. The van der Waals surface area contributed by atoms with Gasteiger partial charge in [-0.2, -0.15) is 0 Å². The minimum atomic E-state index is 0.378. The van der Waals surface area contributed by atoms with Crippen LogP contribution in [0.3, 0.4) is 0 Å². The topological polar surface area (TPSA) is 24.1 Å². The van der Waals surface area contributed by atoms with Crippen LogP contribution < -0.4 is 10.6 Å². The van der Waals surface area contributed by atoms with Gasteiger partial charge in [-0.05, 0) is 43.2 Å². The van der Waals surface area contributed by atoms with E-state index in [1.165, 1.54) is 32.3 Å². The number of thioether (sulfide) groups is 2. The molecule has 0 spiro atoms. The van der Waals surface area contributed by atoms with Crippen LogP contribution in [0.1, 0.15) is 11.1 Å². The number of benzene rings is 2. The molecule has 2 nitrogen and oxygen atoms in total. The van der Waals surface area contributed by atoms with E-state index in [4.69, 9.17) is 0 Å². The highest BCUT2D eigenvalue weighted by Gasteiger charge is 2.34. The summed E-state index contributed by atoms with van der Waals surface area (Å²) in [4.78, 5) is 2.73. The van der Waals surface area contributed by atoms with Gasteiger partial charge in [-0.3, -0.25) is 0 Å². The molecule has 2 N–H and O–H groups in total. The van der Waals surface area contributed by atoms with Crippen LogP contribution >= 0.6 is 23.5 Å². The molecule has 4 heteroatoms. The Balaban J connectivity index is 1.58. The van der Waals surface area contributed by atoms with E-state index < -0.39 is 0 Å². The summed E-state index contributed by atoms with van der Waals surface area (Å²) in [7, 11) is 0. The van der Waals surface area contributed by atoms with Gasteiger partial charge in [0.05, 0.1) is 5.69 Å². The van der Waals surface area contributed by atoms with Crippen LogP contribution in [-0.4, -0.2) is 10.7 Å². The van der Waals surface area contributed by atoms with Crippen LogP contribution in [0.15, 0.2) is 46.2 Å². The Bertz CT molecular complexity index is 659. The zero-order chi connectivity index (χ0) is 13.7. The van der Waals surface area contributed by atoms with Crippen LogP contribution in [0.4, 0.5) is 11.4 Å². The van der Waals surface area contributed by atoms with Crippen molar-refractivity contribution in [2.24, 2.45) is 0 Å². The number of hydrogen-bond acceptors (Lipinski definition) is 4. The first-order valence-electron chi connectivity index (χ1n) is 6.77. The van der Waals surface area contributed by atoms with E-state index in [1.54, 1.807) is 0 Å². The molecule has 4 rings (SSSR count). The van der Waals surface area contributed by atoms with Crippen molar-refractivity contribution in [3.05, 3.63) is 47.5 Å². The van der Waals surface area contributed by atoms with Gasteiger partial charge in [0.25, 0.3) is 0 Å². The zero-order valence-corrected chi connectivity index (χ0v) is 13.1. The summed E-state index contributed by atoms with van der Waals surface area (Å²) >= 11 is 3.86. The lowest BCUT2D eigenvalue weighted by Crippen LogP contribution is -2.29. The molecule has 0 aliphatic carbocycles. The highest BCUT2D eigenvalue weighted by molar-refractivity contribution is 8.04. The first-order valence-corrected chi connectivity index (χ1v) is 8.53. The average molecular weight is 300 g/mol. The van der Waals surface area contributed by atoms with E-state index in [9.17, 15) is 0 Å². The highest BCUT2D eigenvalue weighted by Crippen LogP contribution is 2.48. The van der Waals surface area contributed by atoms with Crippen molar-refractivity contribution < 1.29 is 0 Å². The number of rotatable bonds is 1. The summed E-state index contributed by atoms with van der Waals surface area (Å²) in [6.45, 7) is 4.35. The molecule has 102 valence electrons. The predicted octanol–water partition coefficient (Wildman–Crippen LogP) is 4.69. The van der Waals surface area contributed by atoms with Crippen LogP contribution in [0.25, 0.3) is 0 Å². The molecule has 0 aromatic heterocycles. The Morgan fingerprint density at radius 2 is 1.65 bits per heavy atom. The van der Waals surface area contributed by atoms with E-state index in [0.29, 0.717) is 10.7 Å².